The zero-order valence-corrected chi connectivity index (χ0v) is 9.72. The van der Waals surface area contributed by atoms with E-state index in [1.165, 1.54) is 0 Å². The first kappa shape index (κ1) is 14.2. The third-order valence-electron chi connectivity index (χ3n) is 2.79. The number of carbonyl (C=O) groups is 1. The van der Waals surface area contributed by atoms with Crippen molar-refractivity contribution >= 4 is 5.91 Å². The summed E-state index contributed by atoms with van der Waals surface area (Å²) in [6.45, 7) is 1.37. The quantitative estimate of drug-likeness (QED) is 0.742. The molecule has 0 atom stereocenters. The lowest BCUT2D eigenvalue weighted by Gasteiger charge is -2.47. The number of alkyl halides is 3. The largest absolute Gasteiger partial charge is 0.411 e. The number of rotatable bonds is 5. The molecule has 0 aliphatic carbocycles. The molecule has 1 rings (SSSR count). The van der Waals surface area contributed by atoms with Gasteiger partial charge < -0.3 is 15.4 Å². The van der Waals surface area contributed by atoms with Gasteiger partial charge in [-0.05, 0) is 6.42 Å². The van der Waals surface area contributed by atoms with Gasteiger partial charge in [-0.15, -0.1) is 0 Å². The fraction of sp³-hybridized carbons (Fsp3) is 0.900. The summed E-state index contributed by atoms with van der Waals surface area (Å²) in [5.41, 5.74) is 5.55. The van der Waals surface area contributed by atoms with Crippen molar-refractivity contribution in [3.05, 3.63) is 0 Å². The molecule has 4 nitrogen and oxygen atoms in total. The van der Waals surface area contributed by atoms with Gasteiger partial charge in [-0.1, -0.05) is 6.92 Å². The van der Waals surface area contributed by atoms with E-state index in [0.717, 1.165) is 6.42 Å². The number of amides is 1. The van der Waals surface area contributed by atoms with Crippen LogP contribution in [0.4, 0.5) is 13.2 Å². The molecule has 0 aromatic heterocycles. The number of ether oxygens (including phenoxy) is 1. The Hall–Kier alpha value is -0.820. The van der Waals surface area contributed by atoms with Crippen LogP contribution in [0.15, 0.2) is 0 Å². The van der Waals surface area contributed by atoms with Crippen molar-refractivity contribution in [2.24, 2.45) is 5.73 Å². The van der Waals surface area contributed by atoms with Gasteiger partial charge in [0, 0.05) is 13.1 Å². The first-order valence-corrected chi connectivity index (χ1v) is 5.47. The van der Waals surface area contributed by atoms with Gasteiger partial charge in [0.1, 0.15) is 6.61 Å². The maximum atomic E-state index is 11.7. The first-order valence-electron chi connectivity index (χ1n) is 5.47. The molecule has 1 saturated heterocycles. The van der Waals surface area contributed by atoms with Crippen molar-refractivity contribution in [3.8, 4) is 0 Å². The summed E-state index contributed by atoms with van der Waals surface area (Å²) in [5, 5.41) is 0. The van der Waals surface area contributed by atoms with E-state index in [1.807, 2.05) is 6.92 Å². The van der Waals surface area contributed by atoms with Crippen molar-refractivity contribution in [1.82, 2.24) is 4.90 Å². The van der Waals surface area contributed by atoms with Crippen LogP contribution in [0.3, 0.4) is 0 Å². The number of likely N-dealkylation sites (tertiary alicyclic amines) is 1. The SMILES string of the molecule is CCC1(N)CN(C(=O)CCOCC(F)(F)F)C1. The minimum absolute atomic E-state index is 0.0319. The molecule has 0 unspecified atom stereocenters. The van der Waals surface area contributed by atoms with E-state index in [1.54, 1.807) is 4.90 Å². The number of hydrogen-bond acceptors (Lipinski definition) is 3. The van der Waals surface area contributed by atoms with Gasteiger partial charge in [-0.3, -0.25) is 4.79 Å². The third-order valence-corrected chi connectivity index (χ3v) is 2.79. The van der Waals surface area contributed by atoms with E-state index in [-0.39, 0.29) is 24.5 Å². The van der Waals surface area contributed by atoms with Crippen LogP contribution >= 0.6 is 0 Å². The molecule has 0 aromatic carbocycles. The molecule has 100 valence electrons. The summed E-state index contributed by atoms with van der Waals surface area (Å²) in [5.74, 6) is -0.207. The van der Waals surface area contributed by atoms with E-state index >= 15 is 0 Å². The van der Waals surface area contributed by atoms with E-state index in [9.17, 15) is 18.0 Å². The summed E-state index contributed by atoms with van der Waals surface area (Å²) >= 11 is 0. The molecule has 0 spiro atoms. The molecular formula is C10H17F3N2O2. The topological polar surface area (TPSA) is 55.6 Å². The van der Waals surface area contributed by atoms with E-state index < -0.39 is 12.8 Å². The maximum Gasteiger partial charge on any atom is 0.411 e. The molecule has 0 bridgehead atoms. The van der Waals surface area contributed by atoms with Crippen molar-refractivity contribution in [3.63, 3.8) is 0 Å². The van der Waals surface area contributed by atoms with E-state index in [2.05, 4.69) is 4.74 Å². The highest BCUT2D eigenvalue weighted by Crippen LogP contribution is 2.22. The highest BCUT2D eigenvalue weighted by molar-refractivity contribution is 5.77. The Morgan fingerprint density at radius 2 is 2.06 bits per heavy atom. The molecule has 0 saturated carbocycles. The Kier molecular flexibility index (Phi) is 4.37. The molecular weight excluding hydrogens is 237 g/mol. The van der Waals surface area contributed by atoms with Crippen LogP contribution in [-0.4, -0.2) is 48.8 Å². The predicted molar refractivity (Wildman–Crippen MR) is 55.3 cm³/mol. The lowest BCUT2D eigenvalue weighted by atomic mass is 9.88. The van der Waals surface area contributed by atoms with Gasteiger partial charge >= 0.3 is 6.18 Å². The number of carbonyl (C=O) groups excluding carboxylic acids is 1. The summed E-state index contributed by atoms with van der Waals surface area (Å²) in [6, 6.07) is 0. The molecule has 1 fully saturated rings. The van der Waals surface area contributed by atoms with Crippen molar-refractivity contribution < 1.29 is 22.7 Å². The van der Waals surface area contributed by atoms with Crippen LogP contribution in [0, 0.1) is 0 Å². The Labute approximate surface area is 97.9 Å². The highest BCUT2D eigenvalue weighted by Gasteiger charge is 2.40. The minimum atomic E-state index is -4.34. The summed E-state index contributed by atoms with van der Waals surface area (Å²) in [7, 11) is 0. The summed E-state index contributed by atoms with van der Waals surface area (Å²) in [4.78, 5) is 13.0. The molecule has 0 radical (unpaired) electrons. The molecule has 1 heterocycles. The Bertz CT molecular complexity index is 275. The molecule has 17 heavy (non-hydrogen) atoms. The van der Waals surface area contributed by atoms with E-state index in [0.29, 0.717) is 13.1 Å². The van der Waals surface area contributed by atoms with Gasteiger partial charge in [0.25, 0.3) is 0 Å². The molecule has 0 aromatic rings. The molecule has 1 aliphatic rings. The predicted octanol–water partition coefficient (Wildman–Crippen LogP) is 0.905. The highest BCUT2D eigenvalue weighted by atomic mass is 19.4. The average molecular weight is 254 g/mol. The second-order valence-electron chi connectivity index (χ2n) is 4.38. The summed E-state index contributed by atoms with van der Waals surface area (Å²) < 4.78 is 39.5. The second kappa shape index (κ2) is 5.22. The smallest absolute Gasteiger partial charge is 0.372 e. The zero-order chi connectivity index (χ0) is 13.1. The van der Waals surface area contributed by atoms with Crippen molar-refractivity contribution in [1.29, 1.82) is 0 Å². The lowest BCUT2D eigenvalue weighted by Crippen LogP contribution is -2.68. The molecule has 1 aliphatic heterocycles. The Morgan fingerprint density at radius 1 is 1.47 bits per heavy atom. The fourth-order valence-electron chi connectivity index (χ4n) is 1.62. The standard InChI is InChI=1S/C10H17F3N2O2/c1-2-9(14)5-15(6-9)8(16)3-4-17-7-10(11,12)13/h2-7,14H2,1H3. The van der Waals surface area contributed by atoms with Gasteiger partial charge in [0.2, 0.25) is 5.91 Å². The van der Waals surface area contributed by atoms with Gasteiger partial charge in [-0.25, -0.2) is 0 Å². The van der Waals surface area contributed by atoms with Crippen LogP contribution in [0.1, 0.15) is 19.8 Å². The molecule has 1 amide bonds. The second-order valence-corrected chi connectivity index (χ2v) is 4.38. The minimum Gasteiger partial charge on any atom is -0.372 e. The monoisotopic (exact) mass is 254 g/mol. The zero-order valence-electron chi connectivity index (χ0n) is 9.72. The normalized spacial score (nSPS) is 19.0. The van der Waals surface area contributed by atoms with Crippen LogP contribution in [0.2, 0.25) is 0 Å². The molecule has 2 N–H and O–H groups in total. The molecule has 7 heteroatoms. The summed E-state index contributed by atoms with van der Waals surface area (Å²) in [6.07, 6.45) is -3.59. The van der Waals surface area contributed by atoms with Crippen LogP contribution in [-0.2, 0) is 9.53 Å². The van der Waals surface area contributed by atoms with Gasteiger partial charge in [0.05, 0.1) is 18.6 Å². The average Bonchev–Trinajstić information content (AvgIpc) is 2.18. The number of nitrogens with two attached hydrogens (primary N) is 1. The maximum absolute atomic E-state index is 11.7. The Morgan fingerprint density at radius 3 is 2.53 bits per heavy atom. The third kappa shape index (κ3) is 4.51. The van der Waals surface area contributed by atoms with Crippen LogP contribution in [0.5, 0.6) is 0 Å². The van der Waals surface area contributed by atoms with Crippen LogP contribution < -0.4 is 5.73 Å². The Balaban J connectivity index is 2.12. The number of halogens is 3. The van der Waals surface area contributed by atoms with Gasteiger partial charge in [0.15, 0.2) is 0 Å². The van der Waals surface area contributed by atoms with Crippen molar-refractivity contribution in [2.45, 2.75) is 31.5 Å². The lowest BCUT2D eigenvalue weighted by molar-refractivity contribution is -0.175. The fourth-order valence-corrected chi connectivity index (χ4v) is 1.62. The van der Waals surface area contributed by atoms with Crippen molar-refractivity contribution in [2.75, 3.05) is 26.3 Å². The van der Waals surface area contributed by atoms with Crippen LogP contribution in [0.25, 0.3) is 0 Å². The number of hydrogen-bond donors (Lipinski definition) is 1. The van der Waals surface area contributed by atoms with E-state index in [4.69, 9.17) is 5.73 Å². The van der Waals surface area contributed by atoms with Gasteiger partial charge in [-0.2, -0.15) is 13.2 Å². The number of nitrogens with zero attached hydrogens (tertiary/aromatic N) is 1. The first-order chi connectivity index (χ1) is 7.76.